The van der Waals surface area contributed by atoms with Crippen LogP contribution in [0.25, 0.3) is 0 Å². The van der Waals surface area contributed by atoms with Crippen molar-refractivity contribution in [2.24, 2.45) is 5.41 Å². The molecule has 1 saturated heterocycles. The largest absolute Gasteiger partial charge is 0.467 e. The molecule has 2 aliphatic rings. The number of hydrogen-bond acceptors (Lipinski definition) is 5. The first-order chi connectivity index (χ1) is 13.1. The van der Waals surface area contributed by atoms with Gasteiger partial charge in [-0.05, 0) is 61.1 Å². The fourth-order valence-corrected chi connectivity index (χ4v) is 4.11. The Balaban J connectivity index is 1.32. The molecule has 1 aromatic heterocycles. The van der Waals surface area contributed by atoms with E-state index in [0.717, 1.165) is 49.6 Å². The Morgan fingerprint density at radius 3 is 3.00 bits per heavy atom. The van der Waals surface area contributed by atoms with Crippen molar-refractivity contribution in [3.63, 3.8) is 0 Å². The Morgan fingerprint density at radius 2 is 2.15 bits per heavy atom. The number of nitrogens with zero attached hydrogens (tertiary/aromatic N) is 1. The highest BCUT2D eigenvalue weighted by Crippen LogP contribution is 2.37. The van der Waals surface area contributed by atoms with Crippen molar-refractivity contribution in [3.8, 4) is 11.5 Å². The van der Waals surface area contributed by atoms with Gasteiger partial charge < -0.3 is 19.2 Å². The van der Waals surface area contributed by atoms with Crippen molar-refractivity contribution >= 4 is 5.91 Å². The topological polar surface area (TPSA) is 63.9 Å². The molecule has 1 unspecified atom stereocenters. The average molecular weight is 370 g/mol. The smallest absolute Gasteiger partial charge is 0.234 e. The third-order valence-electron chi connectivity index (χ3n) is 5.33. The molecular weight excluding hydrogens is 344 g/mol. The number of furan rings is 1. The molecule has 27 heavy (non-hydrogen) atoms. The van der Waals surface area contributed by atoms with E-state index in [0.29, 0.717) is 19.9 Å². The summed E-state index contributed by atoms with van der Waals surface area (Å²) < 4.78 is 16.2. The van der Waals surface area contributed by atoms with Crippen LogP contribution in [0.5, 0.6) is 11.5 Å². The van der Waals surface area contributed by atoms with Gasteiger partial charge in [-0.25, -0.2) is 0 Å². The second-order valence-corrected chi connectivity index (χ2v) is 7.85. The zero-order valence-corrected chi connectivity index (χ0v) is 15.7. The lowest BCUT2D eigenvalue weighted by molar-refractivity contribution is -0.123. The lowest BCUT2D eigenvalue weighted by atomic mass is 9.77. The normalized spacial score (nSPS) is 22.0. The highest BCUT2D eigenvalue weighted by atomic mass is 16.7. The first-order valence-corrected chi connectivity index (χ1v) is 9.50. The average Bonchev–Trinajstić information content (AvgIpc) is 3.31. The van der Waals surface area contributed by atoms with E-state index in [2.05, 4.69) is 29.3 Å². The maximum atomic E-state index is 12.3. The van der Waals surface area contributed by atoms with Gasteiger partial charge in [-0.2, -0.15) is 0 Å². The predicted octanol–water partition coefficient (Wildman–Crippen LogP) is 2.97. The van der Waals surface area contributed by atoms with Gasteiger partial charge in [0.1, 0.15) is 5.76 Å². The summed E-state index contributed by atoms with van der Waals surface area (Å²) in [5.74, 6) is 2.47. The van der Waals surface area contributed by atoms with Gasteiger partial charge >= 0.3 is 0 Å². The molecule has 1 fully saturated rings. The number of nitrogens with one attached hydrogen (secondary N) is 1. The van der Waals surface area contributed by atoms with Crippen LogP contribution in [0.3, 0.4) is 0 Å². The molecule has 144 valence electrons. The van der Waals surface area contributed by atoms with Crippen molar-refractivity contribution in [2.75, 3.05) is 26.4 Å². The van der Waals surface area contributed by atoms with E-state index in [9.17, 15) is 4.79 Å². The van der Waals surface area contributed by atoms with Crippen molar-refractivity contribution in [1.82, 2.24) is 10.2 Å². The SMILES string of the molecule is CC1(Cc2ccc3c(c2)OCO3)CCCN(CC(=O)NCc2ccco2)C1. The molecule has 1 atom stereocenters. The second-order valence-electron chi connectivity index (χ2n) is 7.85. The molecule has 1 amide bonds. The number of ether oxygens (including phenoxy) is 2. The minimum atomic E-state index is 0.0405. The van der Waals surface area contributed by atoms with E-state index in [1.165, 1.54) is 5.56 Å². The van der Waals surface area contributed by atoms with Gasteiger partial charge in [0.05, 0.1) is 19.4 Å². The number of carbonyl (C=O) groups excluding carboxylic acids is 1. The second kappa shape index (κ2) is 7.64. The van der Waals surface area contributed by atoms with Gasteiger partial charge in [0, 0.05) is 6.54 Å². The number of carbonyl (C=O) groups is 1. The Labute approximate surface area is 159 Å². The van der Waals surface area contributed by atoms with E-state index in [-0.39, 0.29) is 11.3 Å². The summed E-state index contributed by atoms with van der Waals surface area (Å²) in [4.78, 5) is 14.5. The van der Waals surface area contributed by atoms with Crippen LogP contribution in [0, 0.1) is 5.41 Å². The van der Waals surface area contributed by atoms with Crippen molar-refractivity contribution < 1.29 is 18.7 Å². The fourth-order valence-electron chi connectivity index (χ4n) is 4.11. The summed E-state index contributed by atoms with van der Waals surface area (Å²) in [6, 6.07) is 9.89. The standard InChI is InChI=1S/C21H26N2O4/c1-21(11-16-5-6-18-19(10-16)27-15-26-18)7-3-8-23(14-21)13-20(24)22-12-17-4-2-9-25-17/h2,4-6,9-10H,3,7-8,11-15H2,1H3,(H,22,24). The van der Waals surface area contributed by atoms with Crippen LogP contribution in [0.15, 0.2) is 41.0 Å². The molecule has 4 rings (SSSR count). The molecule has 0 saturated carbocycles. The van der Waals surface area contributed by atoms with Crippen LogP contribution in [0.2, 0.25) is 0 Å². The molecule has 0 radical (unpaired) electrons. The lowest BCUT2D eigenvalue weighted by Crippen LogP contribution is -2.46. The Kier molecular flexibility index (Phi) is 5.07. The van der Waals surface area contributed by atoms with Gasteiger partial charge in [-0.3, -0.25) is 9.69 Å². The lowest BCUT2D eigenvalue weighted by Gasteiger charge is -2.40. The number of rotatable bonds is 6. The number of fused-ring (bicyclic) bond motifs is 1. The molecule has 0 aliphatic carbocycles. The van der Waals surface area contributed by atoms with Crippen LogP contribution < -0.4 is 14.8 Å². The molecule has 6 heteroatoms. The van der Waals surface area contributed by atoms with Crippen LogP contribution in [0.4, 0.5) is 0 Å². The van der Waals surface area contributed by atoms with Crippen molar-refractivity contribution in [3.05, 3.63) is 47.9 Å². The van der Waals surface area contributed by atoms with E-state index in [1.54, 1.807) is 6.26 Å². The first-order valence-electron chi connectivity index (χ1n) is 9.50. The number of hydrogen-bond donors (Lipinski definition) is 1. The monoisotopic (exact) mass is 370 g/mol. The van der Waals surface area contributed by atoms with Crippen LogP contribution in [0.1, 0.15) is 31.1 Å². The molecule has 3 heterocycles. The fraction of sp³-hybridized carbons (Fsp3) is 0.476. The summed E-state index contributed by atoms with van der Waals surface area (Å²) in [7, 11) is 0. The molecular formula is C21H26N2O4. The number of amides is 1. The predicted molar refractivity (Wildman–Crippen MR) is 101 cm³/mol. The number of benzene rings is 1. The summed E-state index contributed by atoms with van der Waals surface area (Å²) in [6.45, 7) is 5.35. The summed E-state index contributed by atoms with van der Waals surface area (Å²) in [5.41, 5.74) is 1.40. The number of piperidine rings is 1. The molecule has 2 aromatic rings. The maximum Gasteiger partial charge on any atom is 0.234 e. The van der Waals surface area contributed by atoms with E-state index >= 15 is 0 Å². The summed E-state index contributed by atoms with van der Waals surface area (Å²) >= 11 is 0. The third-order valence-corrected chi connectivity index (χ3v) is 5.33. The Morgan fingerprint density at radius 1 is 1.26 bits per heavy atom. The van der Waals surface area contributed by atoms with Gasteiger partial charge in [0.15, 0.2) is 11.5 Å². The molecule has 2 aliphatic heterocycles. The van der Waals surface area contributed by atoms with E-state index in [1.807, 2.05) is 18.2 Å². The third kappa shape index (κ3) is 4.45. The van der Waals surface area contributed by atoms with Crippen LogP contribution in [-0.2, 0) is 17.8 Å². The minimum absolute atomic E-state index is 0.0405. The molecule has 1 N–H and O–H groups in total. The number of likely N-dealkylation sites (tertiary alicyclic amines) is 1. The molecule has 0 bridgehead atoms. The maximum absolute atomic E-state index is 12.3. The van der Waals surface area contributed by atoms with Crippen LogP contribution in [-0.4, -0.2) is 37.2 Å². The molecule has 1 aromatic carbocycles. The van der Waals surface area contributed by atoms with Crippen molar-refractivity contribution in [1.29, 1.82) is 0 Å². The molecule has 6 nitrogen and oxygen atoms in total. The first kappa shape index (κ1) is 17.9. The Hall–Kier alpha value is -2.47. The van der Waals surface area contributed by atoms with Crippen molar-refractivity contribution in [2.45, 2.75) is 32.7 Å². The van der Waals surface area contributed by atoms with Gasteiger partial charge in [-0.1, -0.05) is 13.0 Å². The van der Waals surface area contributed by atoms with E-state index in [4.69, 9.17) is 13.9 Å². The van der Waals surface area contributed by atoms with Gasteiger partial charge in [0.2, 0.25) is 12.7 Å². The molecule has 0 spiro atoms. The summed E-state index contributed by atoms with van der Waals surface area (Å²) in [5, 5.41) is 2.93. The minimum Gasteiger partial charge on any atom is -0.467 e. The zero-order chi connectivity index (χ0) is 18.7. The Bertz CT molecular complexity index is 789. The zero-order valence-electron chi connectivity index (χ0n) is 15.7. The highest BCUT2D eigenvalue weighted by molar-refractivity contribution is 5.77. The summed E-state index contributed by atoms with van der Waals surface area (Å²) in [6.07, 6.45) is 4.85. The quantitative estimate of drug-likeness (QED) is 0.847. The van der Waals surface area contributed by atoms with E-state index < -0.39 is 0 Å². The van der Waals surface area contributed by atoms with Gasteiger partial charge in [0.25, 0.3) is 0 Å². The highest BCUT2D eigenvalue weighted by Gasteiger charge is 2.32. The van der Waals surface area contributed by atoms with Gasteiger partial charge in [-0.15, -0.1) is 0 Å². The van der Waals surface area contributed by atoms with Crippen LogP contribution >= 0.6 is 0 Å².